The van der Waals surface area contributed by atoms with Gasteiger partial charge in [-0.25, -0.2) is 4.39 Å². The minimum atomic E-state index is -0.370. The number of rotatable bonds is 6. The fraction of sp³-hybridized carbons (Fsp3) is 0.273. The van der Waals surface area contributed by atoms with Gasteiger partial charge in [0.2, 0.25) is 0 Å². The zero-order valence-electron chi connectivity index (χ0n) is 15.2. The molecule has 1 aromatic heterocycles. The van der Waals surface area contributed by atoms with Crippen LogP contribution in [0.25, 0.3) is 10.9 Å². The average Bonchev–Trinajstić information content (AvgIpc) is 3.45. The van der Waals surface area contributed by atoms with Gasteiger partial charge in [0.1, 0.15) is 5.82 Å². The van der Waals surface area contributed by atoms with Crippen molar-refractivity contribution in [3.8, 4) is 0 Å². The molecule has 27 heavy (non-hydrogen) atoms. The normalized spacial score (nSPS) is 13.7. The van der Waals surface area contributed by atoms with Crippen molar-refractivity contribution in [1.82, 2.24) is 4.98 Å². The zero-order valence-corrected chi connectivity index (χ0v) is 15.2. The van der Waals surface area contributed by atoms with Crippen LogP contribution < -0.4 is 5.32 Å². The van der Waals surface area contributed by atoms with Crippen LogP contribution in [0.15, 0.2) is 48.5 Å². The molecule has 1 fully saturated rings. The molecule has 138 valence electrons. The van der Waals surface area contributed by atoms with Gasteiger partial charge in [0.05, 0.1) is 17.7 Å². The van der Waals surface area contributed by atoms with Crippen molar-refractivity contribution in [1.29, 1.82) is 0 Å². The number of pyridine rings is 1. The third-order valence-electron chi connectivity index (χ3n) is 4.65. The molecule has 5 heteroatoms. The summed E-state index contributed by atoms with van der Waals surface area (Å²) in [7, 11) is 0. The zero-order chi connectivity index (χ0) is 18.8. The number of nitrogens with zero attached hydrogens (tertiary/aromatic N) is 1. The van der Waals surface area contributed by atoms with E-state index >= 15 is 0 Å². The maximum Gasteiger partial charge on any atom is 0.256 e. The molecule has 0 radical (unpaired) electrons. The van der Waals surface area contributed by atoms with Crippen molar-refractivity contribution >= 4 is 22.5 Å². The molecule has 2 aromatic carbocycles. The molecule has 1 N–H and O–H groups in total. The first-order valence-electron chi connectivity index (χ1n) is 9.13. The largest absolute Gasteiger partial charge is 0.376 e. The van der Waals surface area contributed by atoms with E-state index in [1.807, 2.05) is 24.3 Å². The topological polar surface area (TPSA) is 51.2 Å². The predicted octanol–water partition coefficient (Wildman–Crippen LogP) is 4.86. The number of anilines is 1. The Bertz CT molecular complexity index is 994. The molecule has 0 atom stereocenters. The van der Waals surface area contributed by atoms with Crippen molar-refractivity contribution in [3.05, 3.63) is 71.2 Å². The Hall–Kier alpha value is -2.79. The number of aryl methyl sites for hydroxylation is 1. The lowest BCUT2D eigenvalue weighted by atomic mass is 10.1. The highest BCUT2D eigenvalue weighted by atomic mass is 19.1. The fourth-order valence-corrected chi connectivity index (χ4v) is 3.09. The lowest BCUT2D eigenvalue weighted by molar-refractivity contribution is 0.102. The molecule has 1 heterocycles. The van der Waals surface area contributed by atoms with Crippen LogP contribution in [0.2, 0.25) is 0 Å². The summed E-state index contributed by atoms with van der Waals surface area (Å²) in [5.41, 5.74) is 3.35. The molecule has 4 nitrogen and oxygen atoms in total. The van der Waals surface area contributed by atoms with Gasteiger partial charge < -0.3 is 10.1 Å². The van der Waals surface area contributed by atoms with Gasteiger partial charge in [-0.05, 0) is 61.6 Å². The monoisotopic (exact) mass is 364 g/mol. The van der Waals surface area contributed by atoms with Crippen LogP contribution in [-0.2, 0) is 11.3 Å². The Morgan fingerprint density at radius 1 is 1.22 bits per heavy atom. The van der Waals surface area contributed by atoms with Gasteiger partial charge in [-0.1, -0.05) is 12.1 Å². The molecule has 1 amide bonds. The van der Waals surface area contributed by atoms with Crippen LogP contribution >= 0.6 is 0 Å². The highest BCUT2D eigenvalue weighted by molar-refractivity contribution is 6.12. The van der Waals surface area contributed by atoms with Crippen LogP contribution in [0, 0.1) is 18.7 Å². The minimum absolute atomic E-state index is 0.242. The second kappa shape index (κ2) is 7.45. The van der Waals surface area contributed by atoms with Gasteiger partial charge in [0.25, 0.3) is 5.91 Å². The third kappa shape index (κ3) is 4.31. The van der Waals surface area contributed by atoms with Crippen LogP contribution in [-0.4, -0.2) is 17.5 Å². The molecule has 1 aliphatic rings. The summed E-state index contributed by atoms with van der Waals surface area (Å²) in [4.78, 5) is 17.1. The second-order valence-electron chi connectivity index (χ2n) is 7.09. The summed E-state index contributed by atoms with van der Waals surface area (Å²) in [6, 6.07) is 13.6. The SMILES string of the molecule is Cc1cc(C(=O)Nc2cccc(COCC3CC3)c2)c2ccc(F)cc2n1. The number of benzene rings is 2. The first-order chi connectivity index (χ1) is 13.1. The van der Waals surface area contributed by atoms with E-state index in [1.54, 1.807) is 19.1 Å². The first kappa shape index (κ1) is 17.6. The number of nitrogens with one attached hydrogen (secondary N) is 1. The lowest BCUT2D eigenvalue weighted by Crippen LogP contribution is -2.13. The Balaban J connectivity index is 1.52. The van der Waals surface area contributed by atoms with E-state index in [0.29, 0.717) is 34.5 Å². The molecule has 0 spiro atoms. The highest BCUT2D eigenvalue weighted by Gasteiger charge is 2.21. The standard InChI is InChI=1S/C22H21FN2O2/c1-14-9-20(19-8-7-17(23)11-21(19)24-14)22(26)25-18-4-2-3-16(10-18)13-27-12-15-5-6-15/h2-4,7-11,15H,5-6,12-13H2,1H3,(H,25,26). The van der Waals surface area contributed by atoms with E-state index < -0.39 is 0 Å². The maximum absolute atomic E-state index is 13.5. The molecule has 0 unspecified atom stereocenters. The second-order valence-corrected chi connectivity index (χ2v) is 7.09. The van der Waals surface area contributed by atoms with Gasteiger partial charge in [0.15, 0.2) is 0 Å². The maximum atomic E-state index is 13.5. The van der Waals surface area contributed by atoms with Crippen molar-refractivity contribution in [2.24, 2.45) is 5.92 Å². The number of hydrogen-bond acceptors (Lipinski definition) is 3. The van der Waals surface area contributed by atoms with E-state index in [4.69, 9.17) is 4.74 Å². The van der Waals surface area contributed by atoms with Crippen molar-refractivity contribution < 1.29 is 13.9 Å². The number of aromatic nitrogens is 1. The van der Waals surface area contributed by atoms with E-state index in [0.717, 1.165) is 18.1 Å². The summed E-state index contributed by atoms with van der Waals surface area (Å²) in [6.07, 6.45) is 2.53. The highest BCUT2D eigenvalue weighted by Crippen LogP contribution is 2.29. The number of halogens is 1. The molecule has 1 saturated carbocycles. The van der Waals surface area contributed by atoms with Crippen molar-refractivity contribution in [2.75, 3.05) is 11.9 Å². The number of fused-ring (bicyclic) bond motifs is 1. The Morgan fingerprint density at radius 3 is 2.89 bits per heavy atom. The minimum Gasteiger partial charge on any atom is -0.376 e. The molecular formula is C22H21FN2O2. The van der Waals surface area contributed by atoms with Crippen molar-refractivity contribution in [3.63, 3.8) is 0 Å². The summed E-state index contributed by atoms with van der Waals surface area (Å²) in [6.45, 7) is 3.13. The molecule has 0 aliphatic heterocycles. The van der Waals surface area contributed by atoms with Crippen LogP contribution in [0.1, 0.15) is 34.5 Å². The first-order valence-corrected chi connectivity index (χ1v) is 9.13. The van der Waals surface area contributed by atoms with Gasteiger partial charge in [-0.3, -0.25) is 9.78 Å². The number of amides is 1. The van der Waals surface area contributed by atoms with Gasteiger partial charge in [-0.15, -0.1) is 0 Å². The summed E-state index contributed by atoms with van der Waals surface area (Å²) < 4.78 is 19.2. The van der Waals surface area contributed by atoms with Crippen LogP contribution in [0.3, 0.4) is 0 Å². The number of hydrogen-bond donors (Lipinski definition) is 1. The summed E-state index contributed by atoms with van der Waals surface area (Å²) >= 11 is 0. The Kier molecular flexibility index (Phi) is 4.86. The van der Waals surface area contributed by atoms with Gasteiger partial charge >= 0.3 is 0 Å². The van der Waals surface area contributed by atoms with E-state index in [9.17, 15) is 9.18 Å². The fourth-order valence-electron chi connectivity index (χ4n) is 3.09. The van der Waals surface area contributed by atoms with E-state index in [1.165, 1.54) is 25.0 Å². The molecular weight excluding hydrogens is 343 g/mol. The number of carbonyl (C=O) groups excluding carboxylic acids is 1. The van der Waals surface area contributed by atoms with Crippen LogP contribution in [0.4, 0.5) is 10.1 Å². The van der Waals surface area contributed by atoms with E-state index in [-0.39, 0.29) is 11.7 Å². The quantitative estimate of drug-likeness (QED) is 0.679. The summed E-state index contributed by atoms with van der Waals surface area (Å²) in [5, 5.41) is 3.56. The summed E-state index contributed by atoms with van der Waals surface area (Å²) in [5.74, 6) is 0.111. The number of ether oxygens (including phenoxy) is 1. The molecule has 3 aromatic rings. The Labute approximate surface area is 157 Å². The average molecular weight is 364 g/mol. The molecule has 1 aliphatic carbocycles. The Morgan fingerprint density at radius 2 is 2.07 bits per heavy atom. The predicted molar refractivity (Wildman–Crippen MR) is 103 cm³/mol. The van der Waals surface area contributed by atoms with E-state index in [2.05, 4.69) is 10.3 Å². The smallest absolute Gasteiger partial charge is 0.256 e. The molecule has 0 bridgehead atoms. The molecule has 0 saturated heterocycles. The van der Waals surface area contributed by atoms with Crippen molar-refractivity contribution in [2.45, 2.75) is 26.4 Å². The third-order valence-corrected chi connectivity index (χ3v) is 4.65. The lowest BCUT2D eigenvalue weighted by Gasteiger charge is -2.11. The van der Waals surface area contributed by atoms with Gasteiger partial charge in [-0.2, -0.15) is 0 Å². The van der Waals surface area contributed by atoms with Crippen LogP contribution in [0.5, 0.6) is 0 Å². The molecule has 4 rings (SSSR count). The number of carbonyl (C=O) groups is 1. The van der Waals surface area contributed by atoms with Gasteiger partial charge in [0, 0.05) is 29.4 Å².